The van der Waals surface area contributed by atoms with E-state index >= 15 is 0 Å². The van der Waals surface area contributed by atoms with Crippen molar-refractivity contribution in [1.82, 2.24) is 5.32 Å². The van der Waals surface area contributed by atoms with Gasteiger partial charge in [0.05, 0.1) is 5.92 Å². The first-order chi connectivity index (χ1) is 16.6. The molecule has 0 aromatic heterocycles. The molecule has 0 bridgehead atoms. The molecule has 0 saturated heterocycles. The van der Waals surface area contributed by atoms with Crippen molar-refractivity contribution in [2.45, 2.75) is 45.0 Å². The second-order valence-electron chi connectivity index (χ2n) is 8.23. The van der Waals surface area contributed by atoms with Crippen LogP contribution in [0.5, 0.6) is 0 Å². The highest BCUT2D eigenvalue weighted by Gasteiger charge is 2.39. The summed E-state index contributed by atoms with van der Waals surface area (Å²) in [5.74, 6) is -4.34. The third-order valence-electron chi connectivity index (χ3n) is 5.28. The van der Waals surface area contributed by atoms with Crippen LogP contribution in [0.15, 0.2) is 46.9 Å². The van der Waals surface area contributed by atoms with Gasteiger partial charge < -0.3 is 5.32 Å². The quantitative estimate of drug-likeness (QED) is 0.236. The molecule has 0 fully saturated rings. The fourth-order valence-electron chi connectivity index (χ4n) is 3.38. The van der Waals surface area contributed by atoms with Crippen LogP contribution in [0.2, 0.25) is 5.02 Å². The molecule has 3 nitrogen and oxygen atoms in total. The number of nitrogens with one attached hydrogen (secondary N) is 1. The molecule has 0 saturated carbocycles. The molecule has 0 aliphatic rings. The van der Waals surface area contributed by atoms with E-state index in [0.29, 0.717) is 17.5 Å². The van der Waals surface area contributed by atoms with Crippen LogP contribution < -0.4 is 5.32 Å². The topological polar surface area (TPSA) is 46.2 Å². The molecule has 0 aliphatic carbocycles. The summed E-state index contributed by atoms with van der Waals surface area (Å²) in [7, 11) is 0. The molecule has 196 valence electrons. The van der Waals surface area contributed by atoms with Gasteiger partial charge in [-0.05, 0) is 47.4 Å². The maximum absolute atomic E-state index is 13.8. The average molecular weight is 599 g/mol. The molecule has 11 heteroatoms. The highest BCUT2D eigenvalue weighted by Crippen LogP contribution is 2.38. The van der Waals surface area contributed by atoms with Crippen LogP contribution in [-0.4, -0.2) is 30.6 Å². The lowest BCUT2D eigenvalue weighted by Gasteiger charge is -2.18. The number of allylic oxidation sites excluding steroid dienone is 1. The first kappa shape index (κ1) is 29.9. The Balaban J connectivity index is 2.18. The van der Waals surface area contributed by atoms with Gasteiger partial charge in [0.2, 0.25) is 5.91 Å². The van der Waals surface area contributed by atoms with Gasteiger partial charge in [-0.15, -0.1) is 0 Å². The van der Waals surface area contributed by atoms with Crippen LogP contribution in [0.4, 0.5) is 26.3 Å². The number of alkyl halides is 6. The molecule has 2 aromatic rings. The zero-order chi connectivity index (χ0) is 27.3. The highest BCUT2D eigenvalue weighted by atomic mass is 79.9. The number of benzene rings is 2. The van der Waals surface area contributed by atoms with E-state index in [0.717, 1.165) is 6.08 Å². The third kappa shape index (κ3) is 8.96. The van der Waals surface area contributed by atoms with Crippen LogP contribution in [0.25, 0.3) is 6.08 Å². The average Bonchev–Trinajstić information content (AvgIpc) is 2.75. The summed E-state index contributed by atoms with van der Waals surface area (Å²) in [6, 6.07) is 8.59. The Labute approximate surface area is 218 Å². The normalized spacial score (nSPS) is 14.1. The Morgan fingerprint density at radius 2 is 1.75 bits per heavy atom. The van der Waals surface area contributed by atoms with Crippen molar-refractivity contribution in [2.24, 2.45) is 5.92 Å². The summed E-state index contributed by atoms with van der Waals surface area (Å²) in [5, 5.41) is 1.94. The Morgan fingerprint density at radius 1 is 1.08 bits per heavy atom. The van der Waals surface area contributed by atoms with Gasteiger partial charge in [-0.25, -0.2) is 0 Å². The van der Waals surface area contributed by atoms with Gasteiger partial charge in [0.15, 0.2) is 5.78 Å². The minimum atomic E-state index is -4.57. The van der Waals surface area contributed by atoms with E-state index in [1.165, 1.54) is 43.3 Å². The maximum atomic E-state index is 13.8. The van der Waals surface area contributed by atoms with Crippen molar-refractivity contribution in [2.75, 3.05) is 6.54 Å². The predicted molar refractivity (Wildman–Crippen MR) is 130 cm³/mol. The second-order valence-corrected chi connectivity index (χ2v) is 9.52. The highest BCUT2D eigenvalue weighted by molar-refractivity contribution is 9.10. The predicted octanol–water partition coefficient (Wildman–Crippen LogP) is 7.91. The summed E-state index contributed by atoms with van der Waals surface area (Å²) < 4.78 is 78.4. The van der Waals surface area contributed by atoms with E-state index in [1.807, 2.05) is 6.92 Å². The first-order valence-electron chi connectivity index (χ1n) is 10.8. The lowest BCUT2D eigenvalue weighted by Crippen LogP contribution is -2.37. The lowest BCUT2D eigenvalue weighted by atomic mass is 9.94. The zero-order valence-electron chi connectivity index (χ0n) is 19.2. The summed E-state index contributed by atoms with van der Waals surface area (Å²) in [6.45, 7) is 1.64. The van der Waals surface area contributed by atoms with Crippen molar-refractivity contribution in [3.05, 3.63) is 74.2 Å². The van der Waals surface area contributed by atoms with Crippen LogP contribution in [-0.2, 0) is 11.2 Å². The Kier molecular flexibility index (Phi) is 10.2. The number of carbonyl (C=O) groups is 2. The second kappa shape index (κ2) is 12.3. The van der Waals surface area contributed by atoms with Gasteiger partial charge in [-0.3, -0.25) is 9.59 Å². The standard InChI is InChI=1S/C25H23BrClF6NO2/c1-3-15-9-17(12-18(27)10-15)20(25(31,32)33)7-5-16-4-6-19(21(26)11-16)22(35)8-14(2)23(36)34-13-24(28,29)30/h4-7,9-12,14,20H,3,8,13H2,1-2H3,(H,34,36)/b7-5+/t14-,20?/m0/s1. The van der Waals surface area contributed by atoms with Gasteiger partial charge in [0, 0.05) is 27.4 Å². The van der Waals surface area contributed by atoms with Crippen molar-refractivity contribution >= 4 is 45.3 Å². The third-order valence-corrected chi connectivity index (χ3v) is 6.15. The molecule has 2 rings (SSSR count). The minimum Gasteiger partial charge on any atom is -0.347 e. The summed E-state index contributed by atoms with van der Waals surface area (Å²) in [6.07, 6.45) is -6.68. The zero-order valence-corrected chi connectivity index (χ0v) is 21.6. The lowest BCUT2D eigenvalue weighted by molar-refractivity contribution is -0.140. The number of carbonyl (C=O) groups excluding carboxylic acids is 2. The van der Waals surface area contributed by atoms with Crippen LogP contribution in [0, 0.1) is 5.92 Å². The molecule has 2 aromatic carbocycles. The van der Waals surface area contributed by atoms with Crippen LogP contribution >= 0.6 is 27.5 Å². The van der Waals surface area contributed by atoms with Crippen molar-refractivity contribution in [1.29, 1.82) is 0 Å². The van der Waals surface area contributed by atoms with E-state index in [2.05, 4.69) is 15.9 Å². The molecule has 1 amide bonds. The number of rotatable bonds is 9. The number of amides is 1. The molecule has 2 atom stereocenters. The van der Waals surface area contributed by atoms with E-state index in [-0.39, 0.29) is 27.0 Å². The first-order valence-corrected chi connectivity index (χ1v) is 12.0. The van der Waals surface area contributed by atoms with Crippen LogP contribution in [0.3, 0.4) is 0 Å². The van der Waals surface area contributed by atoms with Crippen molar-refractivity contribution in [3.8, 4) is 0 Å². The Hall–Kier alpha value is -2.33. The SMILES string of the molecule is CCc1cc(Cl)cc(C(/C=C/c2ccc(C(=O)C[C@H](C)C(=O)NCC(F)(F)F)c(Br)c2)C(F)(F)F)c1. The number of aryl methyl sites for hydroxylation is 1. The van der Waals surface area contributed by atoms with E-state index < -0.39 is 42.4 Å². The number of ketones is 1. The van der Waals surface area contributed by atoms with Crippen molar-refractivity contribution < 1.29 is 35.9 Å². The number of Topliss-reactive ketones (excluding diaryl/α,β-unsaturated/α-hetero) is 1. The van der Waals surface area contributed by atoms with Crippen LogP contribution in [0.1, 0.15) is 53.2 Å². The summed E-state index contributed by atoms with van der Waals surface area (Å²) in [5.41, 5.74) is 1.21. The molecular formula is C25H23BrClF6NO2. The number of hydrogen-bond donors (Lipinski definition) is 1. The van der Waals surface area contributed by atoms with Crippen molar-refractivity contribution in [3.63, 3.8) is 0 Å². The fourth-order valence-corrected chi connectivity index (χ4v) is 4.26. The molecule has 1 N–H and O–H groups in total. The summed E-state index contributed by atoms with van der Waals surface area (Å²) in [4.78, 5) is 24.4. The van der Waals surface area contributed by atoms with Gasteiger partial charge in [-0.1, -0.05) is 65.7 Å². The Morgan fingerprint density at radius 3 is 2.31 bits per heavy atom. The smallest absolute Gasteiger partial charge is 0.347 e. The molecule has 0 aliphatic heterocycles. The Bertz CT molecular complexity index is 1130. The molecule has 1 unspecified atom stereocenters. The van der Waals surface area contributed by atoms with E-state index in [1.54, 1.807) is 11.4 Å². The monoisotopic (exact) mass is 597 g/mol. The molecule has 36 heavy (non-hydrogen) atoms. The molecule has 0 spiro atoms. The molecule has 0 radical (unpaired) electrons. The van der Waals surface area contributed by atoms with Gasteiger partial charge >= 0.3 is 12.4 Å². The number of halogens is 8. The fraction of sp³-hybridized carbons (Fsp3) is 0.360. The molecular weight excluding hydrogens is 576 g/mol. The minimum absolute atomic E-state index is 0.00625. The number of hydrogen-bond acceptors (Lipinski definition) is 2. The van der Waals surface area contributed by atoms with Gasteiger partial charge in [0.1, 0.15) is 6.54 Å². The van der Waals surface area contributed by atoms with Gasteiger partial charge in [-0.2, -0.15) is 26.3 Å². The largest absolute Gasteiger partial charge is 0.405 e. The van der Waals surface area contributed by atoms with E-state index in [9.17, 15) is 35.9 Å². The maximum Gasteiger partial charge on any atom is 0.405 e. The molecule has 0 heterocycles. The van der Waals surface area contributed by atoms with E-state index in [4.69, 9.17) is 11.6 Å². The summed E-state index contributed by atoms with van der Waals surface area (Å²) >= 11 is 9.20. The van der Waals surface area contributed by atoms with Gasteiger partial charge in [0.25, 0.3) is 0 Å².